The van der Waals surface area contributed by atoms with E-state index in [-0.39, 0.29) is 23.9 Å². The first-order valence-corrected chi connectivity index (χ1v) is 11.0. The molecule has 3 atom stereocenters. The Labute approximate surface area is 186 Å². The molecule has 2 aliphatic heterocycles. The van der Waals surface area contributed by atoms with Crippen molar-refractivity contribution in [2.75, 3.05) is 0 Å². The number of nitrogens with zero attached hydrogens (tertiary/aromatic N) is 1. The van der Waals surface area contributed by atoms with Crippen LogP contribution in [0.3, 0.4) is 0 Å². The van der Waals surface area contributed by atoms with Gasteiger partial charge in [0.15, 0.2) is 0 Å². The van der Waals surface area contributed by atoms with Gasteiger partial charge in [-0.1, -0.05) is 66.7 Å². The molecule has 0 fully saturated rings. The number of aromatic amines is 1. The van der Waals surface area contributed by atoms with Crippen LogP contribution in [0.15, 0.2) is 78.9 Å². The summed E-state index contributed by atoms with van der Waals surface area (Å²) >= 11 is 0. The number of fused-ring (bicyclic) bond motifs is 7. The van der Waals surface area contributed by atoms with Crippen LogP contribution in [0.1, 0.15) is 51.7 Å². The number of rotatable bonds is 3. The van der Waals surface area contributed by atoms with Crippen LogP contribution >= 0.6 is 0 Å². The quantitative estimate of drug-likeness (QED) is 0.511. The highest BCUT2D eigenvalue weighted by Gasteiger charge is 2.48. The summed E-state index contributed by atoms with van der Waals surface area (Å²) < 4.78 is 0. The van der Waals surface area contributed by atoms with E-state index < -0.39 is 6.04 Å². The summed E-state index contributed by atoms with van der Waals surface area (Å²) in [7, 11) is 0. The lowest BCUT2D eigenvalue weighted by molar-refractivity contribution is -0.127. The highest BCUT2D eigenvalue weighted by Crippen LogP contribution is 2.46. The van der Waals surface area contributed by atoms with Crippen molar-refractivity contribution in [2.45, 2.75) is 31.5 Å². The Kier molecular flexibility index (Phi) is 4.18. The predicted molar refractivity (Wildman–Crippen MR) is 123 cm³/mol. The zero-order valence-electron chi connectivity index (χ0n) is 17.7. The van der Waals surface area contributed by atoms with E-state index in [1.54, 1.807) is 4.90 Å². The molecule has 158 valence electrons. The Morgan fingerprint density at radius 2 is 1.72 bits per heavy atom. The minimum absolute atomic E-state index is 0.0811. The number of carbonyl (C=O) groups excluding carboxylic acids is 2. The van der Waals surface area contributed by atoms with Crippen LogP contribution in [0.5, 0.6) is 0 Å². The first-order valence-electron chi connectivity index (χ1n) is 11.0. The molecule has 3 aromatic carbocycles. The number of hydrogen-bond acceptors (Lipinski definition) is 2. The third kappa shape index (κ3) is 2.71. The van der Waals surface area contributed by atoms with Crippen LogP contribution in [0.4, 0.5) is 0 Å². The second kappa shape index (κ2) is 7.09. The van der Waals surface area contributed by atoms with Crippen molar-refractivity contribution in [3.05, 3.63) is 107 Å². The number of hydrogen-bond donors (Lipinski definition) is 2. The van der Waals surface area contributed by atoms with Crippen molar-refractivity contribution in [3.63, 3.8) is 0 Å². The summed E-state index contributed by atoms with van der Waals surface area (Å²) in [4.78, 5) is 32.4. The monoisotopic (exact) mass is 421 g/mol. The van der Waals surface area contributed by atoms with E-state index in [2.05, 4.69) is 16.4 Å². The third-order valence-electron chi connectivity index (χ3n) is 6.81. The number of carbonyl (C=O) groups is 2. The molecule has 0 saturated carbocycles. The molecule has 0 bridgehead atoms. The first-order chi connectivity index (χ1) is 15.6. The average Bonchev–Trinajstić information content (AvgIpc) is 3.35. The van der Waals surface area contributed by atoms with Gasteiger partial charge in [-0.15, -0.1) is 0 Å². The van der Waals surface area contributed by atoms with Crippen molar-refractivity contribution < 1.29 is 9.59 Å². The molecule has 5 nitrogen and oxygen atoms in total. The lowest BCUT2D eigenvalue weighted by Crippen LogP contribution is -2.52. The largest absolute Gasteiger partial charge is 0.356 e. The molecule has 5 heteroatoms. The fourth-order valence-electron chi connectivity index (χ4n) is 5.27. The molecule has 4 aromatic rings. The van der Waals surface area contributed by atoms with E-state index in [1.165, 1.54) is 0 Å². The van der Waals surface area contributed by atoms with Gasteiger partial charge < -0.3 is 15.2 Å². The highest BCUT2D eigenvalue weighted by atomic mass is 16.2. The van der Waals surface area contributed by atoms with Gasteiger partial charge in [0.2, 0.25) is 5.91 Å². The van der Waals surface area contributed by atoms with Crippen molar-refractivity contribution in [1.29, 1.82) is 0 Å². The van der Waals surface area contributed by atoms with Crippen LogP contribution in [0.2, 0.25) is 0 Å². The third-order valence-corrected chi connectivity index (χ3v) is 6.81. The number of nitrogens with one attached hydrogen (secondary N) is 2. The molecule has 2 N–H and O–H groups in total. The molecule has 32 heavy (non-hydrogen) atoms. The fourth-order valence-corrected chi connectivity index (χ4v) is 5.27. The molecule has 3 heterocycles. The second-order valence-corrected chi connectivity index (χ2v) is 8.63. The van der Waals surface area contributed by atoms with E-state index in [9.17, 15) is 9.59 Å². The summed E-state index contributed by atoms with van der Waals surface area (Å²) in [6, 6.07) is 24.8. The zero-order chi connectivity index (χ0) is 21.8. The van der Waals surface area contributed by atoms with Gasteiger partial charge in [0, 0.05) is 28.6 Å². The molecule has 0 aliphatic carbocycles. The Morgan fingerprint density at radius 3 is 2.56 bits per heavy atom. The van der Waals surface area contributed by atoms with Crippen molar-refractivity contribution in [2.24, 2.45) is 0 Å². The van der Waals surface area contributed by atoms with Crippen LogP contribution in [0.25, 0.3) is 10.9 Å². The fraction of sp³-hybridized carbons (Fsp3) is 0.185. The normalized spacial score (nSPS) is 19.9. The Bertz CT molecular complexity index is 1360. The molecule has 6 rings (SSSR count). The molecule has 0 radical (unpaired) electrons. The van der Waals surface area contributed by atoms with E-state index in [1.807, 2.05) is 79.7 Å². The number of para-hydroxylation sites is 1. The molecule has 2 amide bonds. The van der Waals surface area contributed by atoms with E-state index >= 15 is 0 Å². The molecule has 0 unspecified atom stereocenters. The predicted octanol–water partition coefficient (Wildman–Crippen LogP) is 4.52. The smallest absolute Gasteiger partial charge is 0.255 e. The van der Waals surface area contributed by atoms with Crippen molar-refractivity contribution >= 4 is 22.7 Å². The molecule has 0 saturated heterocycles. The van der Waals surface area contributed by atoms with Gasteiger partial charge in [0.05, 0.1) is 12.1 Å². The second-order valence-electron chi connectivity index (χ2n) is 8.63. The minimum atomic E-state index is -0.572. The van der Waals surface area contributed by atoms with Crippen LogP contribution < -0.4 is 5.32 Å². The summed E-state index contributed by atoms with van der Waals surface area (Å²) in [5, 5.41) is 4.27. The number of aromatic nitrogens is 1. The molecule has 2 aliphatic rings. The Morgan fingerprint density at radius 1 is 1.00 bits per heavy atom. The summed E-state index contributed by atoms with van der Waals surface area (Å²) in [5.74, 6) is -0.203. The highest BCUT2D eigenvalue weighted by molar-refractivity contribution is 6.03. The Hall–Kier alpha value is -3.86. The SMILES string of the molecule is C[C@H](NC(=O)[C@@H]1Cc2c([nH]c3ccccc23)[C@H]2c3ccccc3C(=O)N21)c1ccccc1. The minimum Gasteiger partial charge on any atom is -0.356 e. The maximum atomic E-state index is 13.6. The van der Waals surface area contributed by atoms with Gasteiger partial charge in [-0.25, -0.2) is 0 Å². The zero-order valence-corrected chi connectivity index (χ0v) is 17.7. The number of benzene rings is 3. The van der Waals surface area contributed by atoms with E-state index in [0.717, 1.165) is 33.3 Å². The molecular formula is C27H23N3O2. The van der Waals surface area contributed by atoms with Gasteiger partial charge in [-0.2, -0.15) is 0 Å². The molecule has 1 aromatic heterocycles. The number of H-pyrrole nitrogens is 1. The van der Waals surface area contributed by atoms with Gasteiger partial charge in [0.25, 0.3) is 5.91 Å². The van der Waals surface area contributed by atoms with Gasteiger partial charge in [0.1, 0.15) is 6.04 Å². The van der Waals surface area contributed by atoms with E-state index in [4.69, 9.17) is 0 Å². The van der Waals surface area contributed by atoms with Crippen LogP contribution in [-0.2, 0) is 11.2 Å². The number of amides is 2. The maximum absolute atomic E-state index is 13.6. The summed E-state index contributed by atoms with van der Waals surface area (Å²) in [5.41, 5.74) is 5.85. The summed E-state index contributed by atoms with van der Waals surface area (Å²) in [6.45, 7) is 1.98. The van der Waals surface area contributed by atoms with Gasteiger partial charge in [-0.3, -0.25) is 9.59 Å². The maximum Gasteiger partial charge on any atom is 0.255 e. The van der Waals surface area contributed by atoms with Crippen LogP contribution in [0, 0.1) is 0 Å². The van der Waals surface area contributed by atoms with Crippen molar-refractivity contribution in [3.8, 4) is 0 Å². The van der Waals surface area contributed by atoms with Crippen LogP contribution in [-0.4, -0.2) is 27.7 Å². The molecular weight excluding hydrogens is 398 g/mol. The molecule has 0 spiro atoms. The lowest BCUT2D eigenvalue weighted by Gasteiger charge is -2.37. The Balaban J connectivity index is 1.44. The first kappa shape index (κ1) is 18.9. The standard InChI is InChI=1S/C27H23N3O2/c1-16(17-9-3-2-4-10-17)28-26(31)23-15-21-18-11-7-8-14-22(18)29-24(21)25-19-12-5-6-13-20(19)27(32)30(23)25/h2-14,16,23,25,29H,15H2,1H3,(H,28,31)/t16-,23-,25+/m0/s1. The van der Waals surface area contributed by atoms with Gasteiger partial charge >= 0.3 is 0 Å². The van der Waals surface area contributed by atoms with E-state index in [0.29, 0.717) is 12.0 Å². The summed E-state index contributed by atoms with van der Waals surface area (Å²) in [6.07, 6.45) is 0.489. The van der Waals surface area contributed by atoms with Gasteiger partial charge in [-0.05, 0) is 35.7 Å². The van der Waals surface area contributed by atoms with Crippen molar-refractivity contribution in [1.82, 2.24) is 15.2 Å². The topological polar surface area (TPSA) is 65.2 Å². The average molecular weight is 422 g/mol. The lowest BCUT2D eigenvalue weighted by atomic mass is 9.89.